The number of sulfonamides is 1. The lowest BCUT2D eigenvalue weighted by Crippen LogP contribution is -2.48. The number of rotatable bonds is 4. The van der Waals surface area contributed by atoms with Crippen molar-refractivity contribution in [3.8, 4) is 0 Å². The van der Waals surface area contributed by atoms with Crippen molar-refractivity contribution in [3.05, 3.63) is 28.2 Å². The van der Waals surface area contributed by atoms with Crippen molar-refractivity contribution >= 4 is 26.0 Å². The molecule has 0 aliphatic heterocycles. The average molecular weight is 375 g/mol. The Balaban J connectivity index is 3.28. The van der Waals surface area contributed by atoms with E-state index in [1.54, 1.807) is 0 Å². The minimum Gasteiger partial charge on any atom is -0.329 e. The lowest BCUT2D eigenvalue weighted by molar-refractivity contribution is -0.138. The Morgan fingerprint density at radius 3 is 2.30 bits per heavy atom. The van der Waals surface area contributed by atoms with Gasteiger partial charge in [-0.15, -0.1) is 0 Å². The normalized spacial score (nSPS) is 13.6. The summed E-state index contributed by atoms with van der Waals surface area (Å²) in [7, 11) is -4.08. The fourth-order valence-corrected chi connectivity index (χ4v) is 3.27. The van der Waals surface area contributed by atoms with E-state index in [0.29, 0.717) is 6.07 Å². The van der Waals surface area contributed by atoms with E-state index < -0.39 is 32.2 Å². The fraction of sp³-hybridized carbons (Fsp3) is 0.455. The van der Waals surface area contributed by atoms with Gasteiger partial charge < -0.3 is 5.73 Å². The molecule has 20 heavy (non-hydrogen) atoms. The lowest BCUT2D eigenvalue weighted by Gasteiger charge is -2.24. The summed E-state index contributed by atoms with van der Waals surface area (Å²) in [5.74, 6) is 0. The molecule has 114 valence electrons. The molecule has 0 aliphatic carbocycles. The topological polar surface area (TPSA) is 72.2 Å². The largest absolute Gasteiger partial charge is 0.417 e. The van der Waals surface area contributed by atoms with Crippen LogP contribution in [0.3, 0.4) is 0 Å². The van der Waals surface area contributed by atoms with Crippen molar-refractivity contribution in [3.63, 3.8) is 0 Å². The van der Waals surface area contributed by atoms with Crippen LogP contribution in [0.15, 0.2) is 27.6 Å². The minimum absolute atomic E-state index is 0.00882. The first-order valence-electron chi connectivity index (χ1n) is 5.50. The molecule has 0 saturated carbocycles. The Morgan fingerprint density at radius 1 is 1.30 bits per heavy atom. The van der Waals surface area contributed by atoms with Crippen molar-refractivity contribution in [2.24, 2.45) is 5.73 Å². The summed E-state index contributed by atoms with van der Waals surface area (Å²) in [5, 5.41) is 0. The number of hydrogen-bond acceptors (Lipinski definition) is 3. The third-order valence-electron chi connectivity index (χ3n) is 2.47. The molecule has 0 heterocycles. The second-order valence-electron chi connectivity index (χ2n) is 4.83. The molecule has 0 aromatic heterocycles. The monoisotopic (exact) mass is 374 g/mol. The van der Waals surface area contributed by atoms with Crippen LogP contribution in [0.2, 0.25) is 0 Å². The van der Waals surface area contributed by atoms with E-state index in [2.05, 4.69) is 20.7 Å². The van der Waals surface area contributed by atoms with Gasteiger partial charge in [0.15, 0.2) is 0 Å². The Labute approximate surface area is 123 Å². The molecule has 0 spiro atoms. The third kappa shape index (κ3) is 4.18. The first-order valence-corrected chi connectivity index (χ1v) is 7.77. The zero-order valence-electron chi connectivity index (χ0n) is 10.8. The highest BCUT2D eigenvalue weighted by Crippen LogP contribution is 2.36. The van der Waals surface area contributed by atoms with Gasteiger partial charge in [-0.1, -0.05) is 15.9 Å². The molecule has 0 aliphatic rings. The van der Waals surface area contributed by atoms with Crippen LogP contribution in [0.25, 0.3) is 0 Å². The van der Waals surface area contributed by atoms with Crippen LogP contribution in [0.5, 0.6) is 0 Å². The molecule has 1 aromatic rings. The lowest BCUT2D eigenvalue weighted by atomic mass is 10.1. The van der Waals surface area contributed by atoms with Gasteiger partial charge in [-0.25, -0.2) is 13.1 Å². The van der Waals surface area contributed by atoms with Crippen molar-refractivity contribution in [1.82, 2.24) is 4.72 Å². The van der Waals surface area contributed by atoms with Gasteiger partial charge in [-0.2, -0.15) is 13.2 Å². The first-order chi connectivity index (χ1) is 8.89. The predicted octanol–water partition coefficient (Wildman–Crippen LogP) is 2.48. The highest BCUT2D eigenvalue weighted by molar-refractivity contribution is 9.10. The second kappa shape index (κ2) is 5.63. The van der Waals surface area contributed by atoms with E-state index >= 15 is 0 Å². The van der Waals surface area contributed by atoms with Crippen LogP contribution in [0, 0.1) is 0 Å². The second-order valence-corrected chi connectivity index (χ2v) is 7.37. The predicted molar refractivity (Wildman–Crippen MR) is 72.6 cm³/mol. The van der Waals surface area contributed by atoms with E-state index in [1.807, 2.05) is 0 Å². The van der Waals surface area contributed by atoms with Gasteiger partial charge in [-0.3, -0.25) is 0 Å². The molecule has 4 nitrogen and oxygen atoms in total. The summed E-state index contributed by atoms with van der Waals surface area (Å²) in [6.45, 7) is 3.08. The SMILES string of the molecule is CC(C)(CN)NS(=O)(=O)c1ccc(Br)c(C(F)(F)F)c1. The van der Waals surface area contributed by atoms with Gasteiger partial charge in [0.1, 0.15) is 0 Å². The van der Waals surface area contributed by atoms with E-state index in [1.165, 1.54) is 13.8 Å². The van der Waals surface area contributed by atoms with Crippen LogP contribution < -0.4 is 10.5 Å². The molecular weight excluding hydrogens is 361 g/mol. The molecule has 0 bridgehead atoms. The van der Waals surface area contributed by atoms with Gasteiger partial charge in [-0.05, 0) is 32.0 Å². The van der Waals surface area contributed by atoms with Crippen molar-refractivity contribution in [2.75, 3.05) is 6.54 Å². The standard InChI is InChI=1S/C11H14BrF3N2O2S/c1-10(2,6-16)17-20(18,19)7-3-4-9(12)8(5-7)11(13,14)15/h3-5,17H,6,16H2,1-2H3. The van der Waals surface area contributed by atoms with Gasteiger partial charge >= 0.3 is 6.18 Å². The van der Waals surface area contributed by atoms with Crippen molar-refractivity contribution in [2.45, 2.75) is 30.5 Å². The molecule has 0 saturated heterocycles. The average Bonchev–Trinajstić information content (AvgIpc) is 2.26. The van der Waals surface area contributed by atoms with Gasteiger partial charge in [0.2, 0.25) is 10.0 Å². The number of hydrogen-bond donors (Lipinski definition) is 2. The molecule has 0 radical (unpaired) electrons. The summed E-state index contributed by atoms with van der Waals surface area (Å²) >= 11 is 2.75. The Morgan fingerprint density at radius 2 is 1.85 bits per heavy atom. The smallest absolute Gasteiger partial charge is 0.329 e. The number of nitrogens with one attached hydrogen (secondary N) is 1. The van der Waals surface area contributed by atoms with E-state index in [9.17, 15) is 21.6 Å². The molecule has 0 amide bonds. The zero-order chi connectivity index (χ0) is 15.8. The number of halogens is 4. The van der Waals surface area contributed by atoms with E-state index in [-0.39, 0.29) is 11.0 Å². The highest BCUT2D eigenvalue weighted by atomic mass is 79.9. The zero-order valence-corrected chi connectivity index (χ0v) is 13.2. The van der Waals surface area contributed by atoms with Crippen LogP contribution in [-0.4, -0.2) is 20.5 Å². The van der Waals surface area contributed by atoms with Gasteiger partial charge in [0.25, 0.3) is 0 Å². The molecule has 1 rings (SSSR count). The molecule has 9 heteroatoms. The Kier molecular flexibility index (Phi) is 4.90. The Hall–Kier alpha value is -0.640. The fourth-order valence-electron chi connectivity index (χ4n) is 1.35. The molecule has 3 N–H and O–H groups in total. The first kappa shape index (κ1) is 17.4. The number of nitrogens with two attached hydrogens (primary N) is 1. The van der Waals surface area contributed by atoms with Crippen molar-refractivity contribution < 1.29 is 21.6 Å². The molecule has 0 fully saturated rings. The minimum atomic E-state index is -4.65. The molecule has 1 aromatic carbocycles. The maximum atomic E-state index is 12.8. The Bertz CT molecular complexity index is 600. The number of alkyl halides is 3. The maximum Gasteiger partial charge on any atom is 0.417 e. The summed E-state index contributed by atoms with van der Waals surface area (Å²) < 4.78 is 64.4. The third-order valence-corrected chi connectivity index (χ3v) is 4.86. The molecule has 0 atom stereocenters. The summed E-state index contributed by atoms with van der Waals surface area (Å²) in [6, 6.07) is 2.72. The van der Waals surface area contributed by atoms with Crippen molar-refractivity contribution in [1.29, 1.82) is 0 Å². The van der Waals surface area contributed by atoms with Crippen LogP contribution in [0.4, 0.5) is 13.2 Å². The van der Waals surface area contributed by atoms with E-state index in [4.69, 9.17) is 5.73 Å². The van der Waals surface area contributed by atoms with Crippen LogP contribution in [-0.2, 0) is 16.2 Å². The van der Waals surface area contributed by atoms with Crippen LogP contribution >= 0.6 is 15.9 Å². The quantitative estimate of drug-likeness (QED) is 0.850. The maximum absolute atomic E-state index is 12.8. The number of benzene rings is 1. The summed E-state index contributed by atoms with van der Waals surface area (Å²) in [6.07, 6.45) is -4.65. The van der Waals surface area contributed by atoms with Gasteiger partial charge in [0, 0.05) is 16.6 Å². The summed E-state index contributed by atoms with van der Waals surface area (Å²) in [5.41, 5.74) is 3.40. The van der Waals surface area contributed by atoms with Crippen LogP contribution in [0.1, 0.15) is 19.4 Å². The molecular formula is C11H14BrF3N2O2S. The molecule has 0 unspecified atom stereocenters. The van der Waals surface area contributed by atoms with Gasteiger partial charge in [0.05, 0.1) is 10.5 Å². The highest BCUT2D eigenvalue weighted by Gasteiger charge is 2.35. The van der Waals surface area contributed by atoms with E-state index in [0.717, 1.165) is 12.1 Å². The summed E-state index contributed by atoms with van der Waals surface area (Å²) in [4.78, 5) is -0.463.